The largest absolute Gasteiger partial charge is 0.448 e. The van der Waals surface area contributed by atoms with Gasteiger partial charge in [0.2, 0.25) is 5.91 Å². The molecule has 272 valence electrons. The summed E-state index contributed by atoms with van der Waals surface area (Å²) in [6.07, 6.45) is -0.564. The molecule has 0 bridgehead atoms. The van der Waals surface area contributed by atoms with Crippen LogP contribution in [0.15, 0.2) is 193 Å². The van der Waals surface area contributed by atoms with Crippen molar-refractivity contribution in [1.29, 1.82) is 0 Å². The Morgan fingerprint density at radius 3 is 1.58 bits per heavy atom. The number of esters is 1. The molecule has 2 aliphatic heterocycles. The molecule has 0 aromatic heterocycles. The maximum Gasteiger partial charge on any atom is 0.356 e. The van der Waals surface area contributed by atoms with Crippen LogP contribution in [-0.2, 0) is 25.5 Å². The van der Waals surface area contributed by atoms with E-state index in [1.807, 2.05) is 146 Å². The predicted octanol–water partition coefficient (Wildman–Crippen LogP) is 7.01. The highest BCUT2D eigenvalue weighted by atomic mass is 32.2. The van der Waals surface area contributed by atoms with Gasteiger partial charge in [0.15, 0.2) is 6.10 Å². The van der Waals surface area contributed by atoms with Crippen LogP contribution in [0.5, 0.6) is 0 Å². The van der Waals surface area contributed by atoms with Gasteiger partial charge in [-0.2, -0.15) is 0 Å². The lowest BCUT2D eigenvalue weighted by Crippen LogP contribution is -2.70. The third-order valence-electron chi connectivity index (χ3n) is 9.98. The number of carbonyl (C=O) groups excluding carboxylic acids is 3. The summed E-state index contributed by atoms with van der Waals surface area (Å²) in [5.74, 6) is 1.51. The number of thioether (sulfide) groups is 1. The van der Waals surface area contributed by atoms with E-state index in [-0.39, 0.29) is 23.9 Å². The van der Waals surface area contributed by atoms with Crippen molar-refractivity contribution < 1.29 is 19.1 Å². The molecule has 8 rings (SSSR count). The smallest absolute Gasteiger partial charge is 0.356 e. The molecular formula is C47H39N2O4PS. The van der Waals surface area contributed by atoms with E-state index in [0.29, 0.717) is 5.75 Å². The van der Waals surface area contributed by atoms with Gasteiger partial charge < -0.3 is 10.1 Å². The van der Waals surface area contributed by atoms with Crippen molar-refractivity contribution in [3.8, 4) is 0 Å². The third-order valence-corrected chi connectivity index (χ3v) is 15.3. The first-order valence-electron chi connectivity index (χ1n) is 18.3. The van der Waals surface area contributed by atoms with Crippen LogP contribution in [0.1, 0.15) is 22.8 Å². The van der Waals surface area contributed by atoms with E-state index in [4.69, 9.17) is 4.74 Å². The highest BCUT2D eigenvalue weighted by Gasteiger charge is 2.54. The second kappa shape index (κ2) is 16.2. The number of amides is 2. The first kappa shape index (κ1) is 36.1. The molecule has 2 aliphatic rings. The van der Waals surface area contributed by atoms with Gasteiger partial charge in [-0.25, -0.2) is 4.79 Å². The zero-order chi connectivity index (χ0) is 37.6. The SMILES string of the molecule is O=C(Cc1ccccc1)NC1C(=O)N2C(C(=O)OC(c3ccccc3)c3ccccc3)=C(C=P(c3ccccc3)(c3ccccc3)c3ccccc3)CSC12. The van der Waals surface area contributed by atoms with Gasteiger partial charge in [0, 0.05) is 5.75 Å². The van der Waals surface area contributed by atoms with Crippen LogP contribution in [0.3, 0.4) is 0 Å². The first-order chi connectivity index (χ1) is 27.0. The monoisotopic (exact) mass is 758 g/mol. The molecule has 6 aromatic rings. The molecule has 0 spiro atoms. The zero-order valence-electron chi connectivity index (χ0n) is 30.0. The minimum Gasteiger partial charge on any atom is -0.448 e. The Bertz CT molecular complexity index is 2230. The molecule has 2 unspecified atom stereocenters. The van der Waals surface area contributed by atoms with E-state index >= 15 is 0 Å². The number of nitrogens with zero attached hydrogens (tertiary/aromatic N) is 1. The van der Waals surface area contributed by atoms with Crippen LogP contribution in [0.25, 0.3) is 0 Å². The van der Waals surface area contributed by atoms with Crippen LogP contribution >= 0.6 is 18.6 Å². The first-order valence-corrected chi connectivity index (χ1v) is 21.2. The molecule has 0 aliphatic carbocycles. The average Bonchev–Trinajstić information content (AvgIpc) is 3.25. The lowest BCUT2D eigenvalue weighted by Gasteiger charge is -2.50. The molecule has 6 aromatic carbocycles. The quantitative estimate of drug-likeness (QED) is 0.0875. The predicted molar refractivity (Wildman–Crippen MR) is 224 cm³/mol. The summed E-state index contributed by atoms with van der Waals surface area (Å²) in [7, 11) is 0. The Kier molecular flexibility index (Phi) is 10.7. The highest BCUT2D eigenvalue weighted by molar-refractivity contribution is 8.00. The van der Waals surface area contributed by atoms with Crippen molar-refractivity contribution in [1.82, 2.24) is 10.2 Å². The lowest BCUT2D eigenvalue weighted by atomic mass is 10.0. The molecule has 2 heterocycles. The van der Waals surface area contributed by atoms with Gasteiger partial charge in [-0.05, 0) is 50.9 Å². The Morgan fingerprint density at radius 2 is 1.11 bits per heavy atom. The molecule has 1 N–H and O–H groups in total. The summed E-state index contributed by atoms with van der Waals surface area (Å²) in [6, 6.07) is 59.2. The number of nitrogens with one attached hydrogen (secondary N) is 1. The molecule has 55 heavy (non-hydrogen) atoms. The Morgan fingerprint density at radius 1 is 0.673 bits per heavy atom. The van der Waals surface area contributed by atoms with E-state index < -0.39 is 30.4 Å². The fraction of sp³-hybridized carbons (Fsp3) is 0.106. The van der Waals surface area contributed by atoms with Crippen molar-refractivity contribution in [3.63, 3.8) is 0 Å². The number of benzene rings is 6. The number of ether oxygens (including phenoxy) is 1. The van der Waals surface area contributed by atoms with Gasteiger partial charge in [0.05, 0.1) is 6.42 Å². The second-order valence-corrected chi connectivity index (χ2v) is 17.8. The highest BCUT2D eigenvalue weighted by Crippen LogP contribution is 2.48. The van der Waals surface area contributed by atoms with E-state index in [1.54, 1.807) is 16.7 Å². The van der Waals surface area contributed by atoms with Crippen molar-refractivity contribution in [2.75, 3.05) is 5.75 Å². The van der Waals surface area contributed by atoms with Crippen LogP contribution < -0.4 is 21.2 Å². The maximum absolute atomic E-state index is 15.0. The molecule has 1 saturated heterocycles. The fourth-order valence-electron chi connectivity index (χ4n) is 7.38. The number of hydrogen-bond donors (Lipinski definition) is 1. The van der Waals surface area contributed by atoms with Crippen molar-refractivity contribution in [2.45, 2.75) is 23.9 Å². The van der Waals surface area contributed by atoms with E-state index in [2.05, 4.69) is 47.5 Å². The minimum absolute atomic E-state index is 0.153. The summed E-state index contributed by atoms with van der Waals surface area (Å²) in [5, 5.41) is 5.86. The van der Waals surface area contributed by atoms with Gasteiger partial charge in [0.1, 0.15) is 17.1 Å². The molecule has 2 atom stereocenters. The van der Waals surface area contributed by atoms with E-state index in [1.165, 1.54) is 0 Å². The number of carbonyl (C=O) groups is 3. The lowest BCUT2D eigenvalue weighted by molar-refractivity contribution is -0.154. The number of fused-ring (bicyclic) bond motifs is 1. The molecule has 2 amide bonds. The molecule has 8 heteroatoms. The van der Waals surface area contributed by atoms with E-state index in [9.17, 15) is 14.4 Å². The van der Waals surface area contributed by atoms with Gasteiger partial charge in [-0.3, -0.25) is 14.5 Å². The maximum atomic E-state index is 15.0. The van der Waals surface area contributed by atoms with Crippen LogP contribution in [-0.4, -0.2) is 45.6 Å². The molecule has 0 saturated carbocycles. The number of β-lactam (4-membered cyclic amide) rings is 1. The number of hydrogen-bond acceptors (Lipinski definition) is 5. The average molecular weight is 759 g/mol. The molecule has 6 nitrogen and oxygen atoms in total. The third kappa shape index (κ3) is 7.34. The van der Waals surface area contributed by atoms with Crippen molar-refractivity contribution >= 4 is 58.1 Å². The van der Waals surface area contributed by atoms with Crippen LogP contribution in [0.4, 0.5) is 0 Å². The van der Waals surface area contributed by atoms with Crippen LogP contribution in [0, 0.1) is 0 Å². The summed E-state index contributed by atoms with van der Waals surface area (Å²) in [6.45, 7) is -2.58. The molecule has 1 fully saturated rings. The molecule has 0 radical (unpaired) electrons. The van der Waals surface area contributed by atoms with Crippen LogP contribution in [0.2, 0.25) is 0 Å². The van der Waals surface area contributed by atoms with Crippen molar-refractivity contribution in [2.24, 2.45) is 0 Å². The Balaban J connectivity index is 1.28. The fourth-order valence-corrected chi connectivity index (χ4v) is 12.8. The Labute approximate surface area is 325 Å². The zero-order valence-corrected chi connectivity index (χ0v) is 31.7. The van der Waals surface area contributed by atoms with Gasteiger partial charge in [-0.15, -0.1) is 11.8 Å². The summed E-state index contributed by atoms with van der Waals surface area (Å²) >= 11 is 1.55. The van der Waals surface area contributed by atoms with Gasteiger partial charge >= 0.3 is 5.97 Å². The van der Waals surface area contributed by atoms with Gasteiger partial charge in [0.25, 0.3) is 5.91 Å². The van der Waals surface area contributed by atoms with E-state index in [0.717, 1.165) is 38.2 Å². The standard InChI is InChI=1S/C47H39N2O4PS/c50-41(31-34-19-7-1-8-20-34)48-42-45(51)49-43(47(52)53-44(35-21-9-2-10-22-35)36-23-11-3-12-24-36)37(33-55-46(42)49)32-54(38-25-13-4-14-26-38,39-27-15-5-16-28-39)40-29-17-6-18-30-40/h1-30,32,42,44,46H,31,33H2,(H,48,50). The summed E-state index contributed by atoms with van der Waals surface area (Å²) in [4.78, 5) is 44.1. The summed E-state index contributed by atoms with van der Waals surface area (Å²) < 4.78 is 6.53. The number of rotatable bonds is 11. The minimum atomic E-state index is -2.58. The topological polar surface area (TPSA) is 75.7 Å². The van der Waals surface area contributed by atoms with Crippen molar-refractivity contribution in [3.05, 3.63) is 210 Å². The van der Waals surface area contributed by atoms with Gasteiger partial charge in [-0.1, -0.05) is 182 Å². The summed E-state index contributed by atoms with van der Waals surface area (Å²) in [5.41, 5.74) is 3.42. The Hall–Kier alpha value is -5.88. The normalized spacial score (nSPS) is 16.5. The molecular weight excluding hydrogens is 720 g/mol. The second-order valence-electron chi connectivity index (χ2n) is 13.5.